The van der Waals surface area contributed by atoms with E-state index in [0.717, 1.165) is 0 Å². The first-order chi connectivity index (χ1) is 16.2. The largest absolute Gasteiger partial charge is 0.450 e. The molecule has 3 aromatic heterocycles. The maximum atomic E-state index is 14.3. The Labute approximate surface area is 174 Å². The number of H-pyrrole nitrogens is 1. The van der Waals surface area contributed by atoms with Crippen LogP contribution in [0.3, 0.4) is 0 Å². The van der Waals surface area contributed by atoms with Crippen LogP contribution in [0.4, 0.5) is 4.39 Å². The third-order valence-electron chi connectivity index (χ3n) is 4.67. The van der Waals surface area contributed by atoms with Gasteiger partial charge in [-0.3, -0.25) is 9.59 Å². The van der Waals surface area contributed by atoms with Crippen molar-refractivity contribution in [3.63, 3.8) is 0 Å². The number of pyridine rings is 2. The van der Waals surface area contributed by atoms with Crippen LogP contribution in [0.1, 0.15) is 19.4 Å². The van der Waals surface area contributed by atoms with Gasteiger partial charge in [0.15, 0.2) is 5.75 Å². The number of halogens is 1. The van der Waals surface area contributed by atoms with Gasteiger partial charge in [-0.15, -0.1) is 0 Å². The molecule has 0 aliphatic carbocycles. The van der Waals surface area contributed by atoms with Crippen LogP contribution < -0.4 is 15.9 Å². The molecule has 0 fully saturated rings. The average molecular weight is 399 g/mol. The number of aryl methyl sites for hydroxylation is 4. The van der Waals surface area contributed by atoms with Gasteiger partial charge in [0.25, 0.3) is 11.1 Å². The molecule has 4 aromatic rings. The number of hydrogen-bond donors (Lipinski definition) is 1. The molecular formula is C22H20FN3O3. The second-order valence-corrected chi connectivity index (χ2v) is 6.63. The van der Waals surface area contributed by atoms with Crippen LogP contribution >= 0.6 is 0 Å². The molecule has 0 atom stereocenters. The second-order valence-electron chi connectivity index (χ2n) is 6.63. The summed E-state index contributed by atoms with van der Waals surface area (Å²) in [6.07, 6.45) is 4.49. The van der Waals surface area contributed by atoms with Gasteiger partial charge in [0.05, 0.1) is 0 Å². The lowest BCUT2D eigenvalue weighted by Crippen LogP contribution is -2.20. The highest BCUT2D eigenvalue weighted by Crippen LogP contribution is 2.36. The number of nitrogens with zero attached hydrogens (tertiary/aromatic N) is 2. The van der Waals surface area contributed by atoms with Crippen molar-refractivity contribution in [3.8, 4) is 22.6 Å². The number of aromatic amines is 1. The van der Waals surface area contributed by atoms with Crippen molar-refractivity contribution in [1.29, 1.82) is 0 Å². The highest BCUT2D eigenvalue weighted by Gasteiger charge is 2.19. The Hall–Kier alpha value is -3.61. The zero-order valence-electron chi connectivity index (χ0n) is 21.5. The number of aromatic nitrogens is 3. The topological polar surface area (TPSA) is 69.0 Å². The first kappa shape index (κ1) is 12.8. The van der Waals surface area contributed by atoms with Gasteiger partial charge in [0.2, 0.25) is 0 Å². The maximum Gasteiger partial charge on any atom is 0.293 e. The minimum absolute atomic E-state index is 0.186. The Morgan fingerprint density at radius 1 is 1.00 bits per heavy atom. The van der Waals surface area contributed by atoms with Gasteiger partial charge in [0.1, 0.15) is 17.1 Å². The molecule has 148 valence electrons. The summed E-state index contributed by atoms with van der Waals surface area (Å²) >= 11 is 0. The number of nitrogens with one attached hydrogen (secondary N) is 1. The lowest BCUT2D eigenvalue weighted by Gasteiger charge is -2.16. The van der Waals surface area contributed by atoms with E-state index in [1.54, 1.807) is 12.3 Å². The predicted octanol–water partition coefficient (Wildman–Crippen LogP) is 3.78. The van der Waals surface area contributed by atoms with Crippen molar-refractivity contribution < 1.29 is 17.4 Å². The third-order valence-corrected chi connectivity index (χ3v) is 4.67. The summed E-state index contributed by atoms with van der Waals surface area (Å²) in [6.45, 7) is -5.88. The van der Waals surface area contributed by atoms with E-state index in [4.69, 9.17) is 13.0 Å². The Morgan fingerprint density at radius 2 is 1.72 bits per heavy atom. The Bertz CT molecular complexity index is 1550. The lowest BCUT2D eigenvalue weighted by molar-refractivity contribution is 0.462. The smallest absolute Gasteiger partial charge is 0.293 e. The summed E-state index contributed by atoms with van der Waals surface area (Å²) in [7, 11) is 2.96. The minimum atomic E-state index is -2.94. The van der Waals surface area contributed by atoms with E-state index in [1.807, 2.05) is 0 Å². The monoisotopic (exact) mass is 399 g/mol. The highest BCUT2D eigenvalue weighted by molar-refractivity contribution is 5.95. The van der Waals surface area contributed by atoms with Gasteiger partial charge in [0, 0.05) is 57.4 Å². The van der Waals surface area contributed by atoms with E-state index in [2.05, 4.69) is 4.98 Å². The van der Waals surface area contributed by atoms with Crippen LogP contribution in [0, 0.1) is 19.5 Å². The van der Waals surface area contributed by atoms with Crippen molar-refractivity contribution in [2.75, 3.05) is 0 Å². The number of ether oxygens (including phenoxy) is 1. The number of rotatable bonds is 3. The molecule has 3 heterocycles. The van der Waals surface area contributed by atoms with Gasteiger partial charge >= 0.3 is 0 Å². The fourth-order valence-corrected chi connectivity index (χ4v) is 3.21. The number of hydrogen-bond acceptors (Lipinski definition) is 3. The fourth-order valence-electron chi connectivity index (χ4n) is 3.21. The molecule has 0 unspecified atom stereocenters. The Balaban J connectivity index is 2.07. The third kappa shape index (κ3) is 3.04. The molecule has 4 rings (SSSR count). The SMILES string of the molecule is [2H]C([2H])([2H])c1cc(F)cc(C([2H])([2H])[2H])c1Oc1c(-c2cn(C)c(=O)c3[nH]ccc23)ccn(C)c1=O. The van der Waals surface area contributed by atoms with Gasteiger partial charge in [-0.05, 0) is 49.1 Å². The van der Waals surface area contributed by atoms with Crippen molar-refractivity contribution in [2.45, 2.75) is 13.7 Å². The van der Waals surface area contributed by atoms with Crippen molar-refractivity contribution in [3.05, 3.63) is 80.5 Å². The molecule has 0 spiro atoms. The summed E-state index contributed by atoms with van der Waals surface area (Å²) in [5, 5.41) is 0.470. The van der Waals surface area contributed by atoms with Crippen LogP contribution in [0.25, 0.3) is 22.0 Å². The molecule has 0 aliphatic rings. The lowest BCUT2D eigenvalue weighted by atomic mass is 10.0. The summed E-state index contributed by atoms with van der Waals surface area (Å²) in [5.41, 5.74) is -1.52. The molecule has 1 N–H and O–H groups in total. The summed E-state index contributed by atoms with van der Waals surface area (Å²) in [6, 6.07) is 4.49. The predicted molar refractivity (Wildman–Crippen MR) is 110 cm³/mol. The molecule has 6 nitrogen and oxygen atoms in total. The number of fused-ring (bicyclic) bond motifs is 1. The van der Waals surface area contributed by atoms with Crippen LogP contribution in [0.15, 0.2) is 52.4 Å². The van der Waals surface area contributed by atoms with Crippen LogP contribution in [-0.2, 0) is 14.1 Å². The molecule has 0 radical (unpaired) electrons. The standard InChI is InChI=1S/C22H20FN3O3/c1-12-9-14(23)10-13(2)19(12)29-20-16(6-8-25(3)22(20)28)17-11-26(4)21(27)18-15(17)5-7-24-18/h5-11,24H,1-4H3/i1D3,2D3. The molecule has 0 bridgehead atoms. The molecule has 1 aromatic carbocycles. The number of benzene rings is 1. The second kappa shape index (κ2) is 6.77. The van der Waals surface area contributed by atoms with E-state index < -0.39 is 42.0 Å². The van der Waals surface area contributed by atoms with Crippen molar-refractivity contribution in [2.24, 2.45) is 14.1 Å². The highest BCUT2D eigenvalue weighted by atomic mass is 19.1. The molecule has 0 saturated heterocycles. The minimum Gasteiger partial charge on any atom is -0.450 e. The van der Waals surface area contributed by atoms with Gasteiger partial charge < -0.3 is 18.9 Å². The van der Waals surface area contributed by atoms with Crippen molar-refractivity contribution >= 4 is 10.9 Å². The normalized spacial score (nSPS) is 15.1. The molecule has 0 amide bonds. The maximum absolute atomic E-state index is 14.3. The zero-order chi connectivity index (χ0) is 25.9. The summed E-state index contributed by atoms with van der Waals surface area (Å²) in [5.74, 6) is -2.09. The van der Waals surface area contributed by atoms with E-state index in [1.165, 1.54) is 41.7 Å². The van der Waals surface area contributed by atoms with E-state index >= 15 is 0 Å². The molecular weight excluding hydrogens is 373 g/mol. The van der Waals surface area contributed by atoms with Crippen LogP contribution in [-0.4, -0.2) is 14.1 Å². The van der Waals surface area contributed by atoms with E-state index in [9.17, 15) is 14.0 Å². The quantitative estimate of drug-likeness (QED) is 0.570. The average Bonchev–Trinajstić information content (AvgIpc) is 3.24. The van der Waals surface area contributed by atoms with Gasteiger partial charge in [-0.1, -0.05) is 0 Å². The molecule has 29 heavy (non-hydrogen) atoms. The first-order valence-electron chi connectivity index (χ1n) is 11.6. The van der Waals surface area contributed by atoms with Crippen LogP contribution in [0.5, 0.6) is 11.5 Å². The molecule has 7 heteroatoms. The Kier molecular flexibility index (Phi) is 2.98. The zero-order valence-corrected chi connectivity index (χ0v) is 15.5. The first-order valence-corrected chi connectivity index (χ1v) is 8.59. The Morgan fingerprint density at radius 3 is 2.41 bits per heavy atom. The molecule has 0 aliphatic heterocycles. The molecule has 0 saturated carbocycles. The van der Waals surface area contributed by atoms with Crippen molar-refractivity contribution in [1.82, 2.24) is 14.1 Å². The van der Waals surface area contributed by atoms with E-state index in [0.29, 0.717) is 23.1 Å². The van der Waals surface area contributed by atoms with Crippen LogP contribution in [0.2, 0.25) is 0 Å². The summed E-state index contributed by atoms with van der Waals surface area (Å²) in [4.78, 5) is 28.5. The van der Waals surface area contributed by atoms with Gasteiger partial charge in [-0.2, -0.15) is 0 Å². The van der Waals surface area contributed by atoms with Gasteiger partial charge in [-0.25, -0.2) is 4.39 Å². The van der Waals surface area contributed by atoms with E-state index in [-0.39, 0.29) is 22.4 Å². The summed E-state index contributed by atoms with van der Waals surface area (Å²) < 4.78 is 69.4. The fraction of sp³-hybridized carbons (Fsp3) is 0.182.